The molecule has 4 heteroatoms. The summed E-state index contributed by atoms with van der Waals surface area (Å²) in [4.78, 5) is 19.7. The van der Waals surface area contributed by atoms with Crippen LogP contribution in [-0.2, 0) is 0 Å². The van der Waals surface area contributed by atoms with Gasteiger partial charge in [-0.2, -0.15) is 0 Å². The molecule has 0 saturated heterocycles. The lowest BCUT2D eigenvalue weighted by molar-refractivity contribution is 1.36. The number of pyridine rings is 4. The summed E-state index contributed by atoms with van der Waals surface area (Å²) < 4.78 is 0. The van der Waals surface area contributed by atoms with E-state index in [0.29, 0.717) is 0 Å². The van der Waals surface area contributed by atoms with Crippen molar-refractivity contribution in [1.29, 1.82) is 0 Å². The zero-order chi connectivity index (χ0) is 37.0. The zero-order valence-electron chi connectivity index (χ0n) is 30.3. The van der Waals surface area contributed by atoms with E-state index in [4.69, 9.17) is 15.0 Å². The van der Waals surface area contributed by atoms with Crippen LogP contribution in [0.2, 0.25) is 0 Å². The second-order valence-corrected chi connectivity index (χ2v) is 14.4. The predicted octanol–water partition coefficient (Wildman–Crippen LogP) is 13.4. The van der Waals surface area contributed by atoms with Gasteiger partial charge in [0.25, 0.3) is 0 Å². The molecule has 0 spiro atoms. The molecule has 4 heterocycles. The van der Waals surface area contributed by atoms with Gasteiger partial charge in [-0.3, -0.25) is 9.97 Å². The number of aromatic nitrogens is 4. The molecule has 0 radical (unpaired) electrons. The number of hydrogen-bond donors (Lipinski definition) is 0. The van der Waals surface area contributed by atoms with Crippen molar-refractivity contribution in [2.75, 3.05) is 0 Å². The smallest absolute Gasteiger partial charge is 0.0715 e. The number of hydrogen-bond acceptors (Lipinski definition) is 4. The van der Waals surface area contributed by atoms with Gasteiger partial charge in [-0.15, -0.1) is 0 Å². The van der Waals surface area contributed by atoms with Crippen LogP contribution in [0.25, 0.3) is 110 Å². The van der Waals surface area contributed by atoms with Crippen molar-refractivity contribution in [2.24, 2.45) is 0 Å². The van der Waals surface area contributed by atoms with E-state index >= 15 is 0 Å². The minimum absolute atomic E-state index is 0.910. The van der Waals surface area contributed by atoms with Gasteiger partial charge in [-0.25, -0.2) is 9.97 Å². The number of benzene rings is 7. The first kappa shape index (κ1) is 31.9. The normalized spacial score (nSPS) is 11.6. The molecular formula is C52H32N4. The highest BCUT2D eigenvalue weighted by atomic mass is 14.7. The lowest BCUT2D eigenvalue weighted by atomic mass is 9.93. The highest BCUT2D eigenvalue weighted by Crippen LogP contribution is 2.37. The van der Waals surface area contributed by atoms with Crippen LogP contribution in [0.5, 0.6) is 0 Å². The average molecular weight is 713 g/mol. The Hall–Kier alpha value is -7.56. The summed E-state index contributed by atoms with van der Waals surface area (Å²) in [5.41, 5.74) is 13.5. The lowest BCUT2D eigenvalue weighted by Crippen LogP contribution is -1.91. The fraction of sp³-hybridized carbons (Fsp3) is 0. The van der Waals surface area contributed by atoms with Crippen LogP contribution in [0, 0.1) is 0 Å². The van der Waals surface area contributed by atoms with Gasteiger partial charge in [-0.1, -0.05) is 103 Å². The second-order valence-electron chi connectivity index (χ2n) is 14.4. The van der Waals surface area contributed by atoms with Crippen molar-refractivity contribution in [3.05, 3.63) is 195 Å². The van der Waals surface area contributed by atoms with E-state index < -0.39 is 0 Å². The number of fused-ring (bicyclic) bond motifs is 5. The fourth-order valence-corrected chi connectivity index (χ4v) is 7.97. The first-order chi connectivity index (χ1) is 27.7. The number of nitrogens with zero attached hydrogens (tertiary/aromatic N) is 4. The van der Waals surface area contributed by atoms with Crippen molar-refractivity contribution in [3.63, 3.8) is 0 Å². The Morgan fingerprint density at radius 2 is 0.911 bits per heavy atom. The molecule has 0 aliphatic carbocycles. The summed E-state index contributed by atoms with van der Waals surface area (Å²) in [6, 6.07) is 62.2. The minimum atomic E-state index is 0.910. The SMILES string of the molecule is c1cc(-c2ccc3nc(-c4cc(-c5cnc6ccccc6c5)cc(-c5cncc6ccccc56)c4)ccc3c2)cc(-c2ccc3cc4ccccc4cc3n2)c1. The van der Waals surface area contributed by atoms with Crippen LogP contribution in [0.3, 0.4) is 0 Å². The highest BCUT2D eigenvalue weighted by Gasteiger charge is 2.13. The lowest BCUT2D eigenvalue weighted by Gasteiger charge is -2.13. The predicted molar refractivity (Wildman–Crippen MR) is 232 cm³/mol. The molecule has 0 unspecified atom stereocenters. The molecule has 4 nitrogen and oxygen atoms in total. The first-order valence-electron chi connectivity index (χ1n) is 18.8. The van der Waals surface area contributed by atoms with E-state index in [-0.39, 0.29) is 0 Å². The molecule has 0 bridgehead atoms. The van der Waals surface area contributed by atoms with Gasteiger partial charge < -0.3 is 0 Å². The Morgan fingerprint density at radius 3 is 1.80 bits per heavy atom. The summed E-state index contributed by atoms with van der Waals surface area (Å²) in [6.45, 7) is 0. The van der Waals surface area contributed by atoms with Gasteiger partial charge in [0.2, 0.25) is 0 Å². The topological polar surface area (TPSA) is 51.6 Å². The fourth-order valence-electron chi connectivity index (χ4n) is 7.97. The van der Waals surface area contributed by atoms with Gasteiger partial charge in [0.1, 0.15) is 0 Å². The summed E-state index contributed by atoms with van der Waals surface area (Å²) in [6.07, 6.45) is 5.86. The summed E-state index contributed by atoms with van der Waals surface area (Å²) in [5, 5.41) is 8.03. The molecule has 11 rings (SSSR count). The Labute approximate surface area is 323 Å². The maximum atomic E-state index is 5.24. The van der Waals surface area contributed by atoms with E-state index in [1.807, 2.05) is 30.7 Å². The van der Waals surface area contributed by atoms with Crippen LogP contribution in [0.4, 0.5) is 0 Å². The number of para-hydroxylation sites is 1. The molecule has 0 N–H and O–H groups in total. The van der Waals surface area contributed by atoms with Crippen LogP contribution >= 0.6 is 0 Å². The van der Waals surface area contributed by atoms with Crippen LogP contribution in [-0.4, -0.2) is 19.9 Å². The van der Waals surface area contributed by atoms with Gasteiger partial charge in [0.05, 0.1) is 27.9 Å². The van der Waals surface area contributed by atoms with Gasteiger partial charge in [-0.05, 0) is 111 Å². The van der Waals surface area contributed by atoms with E-state index in [0.717, 1.165) is 99.4 Å². The molecule has 0 saturated carbocycles. The van der Waals surface area contributed by atoms with Crippen molar-refractivity contribution >= 4 is 54.3 Å². The third-order valence-corrected chi connectivity index (χ3v) is 10.9. The Bertz CT molecular complexity index is 3330. The van der Waals surface area contributed by atoms with Gasteiger partial charge in [0.15, 0.2) is 0 Å². The van der Waals surface area contributed by atoms with Crippen LogP contribution < -0.4 is 0 Å². The van der Waals surface area contributed by atoms with E-state index in [9.17, 15) is 0 Å². The average Bonchev–Trinajstić information content (AvgIpc) is 3.27. The first-order valence-corrected chi connectivity index (χ1v) is 18.8. The summed E-state index contributed by atoms with van der Waals surface area (Å²) in [7, 11) is 0. The largest absolute Gasteiger partial charge is 0.263 e. The Kier molecular flexibility index (Phi) is 7.46. The molecule has 0 amide bonds. The molecule has 0 fully saturated rings. The van der Waals surface area contributed by atoms with Crippen molar-refractivity contribution in [2.45, 2.75) is 0 Å². The van der Waals surface area contributed by atoms with Crippen LogP contribution in [0.15, 0.2) is 195 Å². The van der Waals surface area contributed by atoms with Crippen molar-refractivity contribution in [3.8, 4) is 55.9 Å². The molecule has 0 aliphatic heterocycles. The van der Waals surface area contributed by atoms with E-state index in [1.54, 1.807) is 0 Å². The molecular weight excluding hydrogens is 681 g/mol. The van der Waals surface area contributed by atoms with Crippen LogP contribution in [0.1, 0.15) is 0 Å². The molecule has 7 aromatic carbocycles. The minimum Gasteiger partial charge on any atom is -0.263 e. The zero-order valence-corrected chi connectivity index (χ0v) is 30.3. The molecule has 56 heavy (non-hydrogen) atoms. The monoisotopic (exact) mass is 712 g/mol. The molecule has 4 aromatic heterocycles. The van der Waals surface area contributed by atoms with E-state index in [1.165, 1.54) is 10.8 Å². The Morgan fingerprint density at radius 1 is 0.286 bits per heavy atom. The van der Waals surface area contributed by atoms with Crippen molar-refractivity contribution in [1.82, 2.24) is 19.9 Å². The quantitative estimate of drug-likeness (QED) is 0.167. The van der Waals surface area contributed by atoms with E-state index in [2.05, 4.69) is 169 Å². The summed E-state index contributed by atoms with van der Waals surface area (Å²) in [5.74, 6) is 0. The maximum absolute atomic E-state index is 5.24. The third kappa shape index (κ3) is 5.72. The third-order valence-electron chi connectivity index (χ3n) is 10.9. The Balaban J connectivity index is 0.974. The van der Waals surface area contributed by atoms with Crippen molar-refractivity contribution < 1.29 is 0 Å². The van der Waals surface area contributed by atoms with Gasteiger partial charge in [0, 0.05) is 62.4 Å². The molecule has 0 aliphatic rings. The molecule has 0 atom stereocenters. The summed E-state index contributed by atoms with van der Waals surface area (Å²) >= 11 is 0. The maximum Gasteiger partial charge on any atom is 0.0715 e. The van der Waals surface area contributed by atoms with Gasteiger partial charge >= 0.3 is 0 Å². The number of rotatable bonds is 5. The highest BCUT2D eigenvalue weighted by molar-refractivity contribution is 5.99. The molecule has 260 valence electrons. The molecule has 11 aromatic rings. The standard InChI is InChI=1S/C52H32N4/c1-2-9-35-29-52-40(23-33(35)8-1)18-20-49(56-52)38-13-7-12-34(22-38)36-16-19-50-39(24-36)17-21-51(55-50)44-27-42(45-25-37-10-4-6-15-48(37)54-31-45)26-43(28-44)47-32-53-30-41-11-3-5-14-46(41)47/h1-32H. The second kappa shape index (κ2) is 13.1.